The molecule has 0 amide bonds. The van der Waals surface area contributed by atoms with Gasteiger partial charge in [-0.2, -0.15) is 0 Å². The molecule has 56 valence electrons. The Kier molecular flexibility index (Phi) is 1.52. The smallest absolute Gasteiger partial charge is 0.0429 e. The fourth-order valence-electron chi connectivity index (χ4n) is 2.59. The first kappa shape index (κ1) is 6.72. The van der Waals surface area contributed by atoms with E-state index in [1.807, 2.05) is 0 Å². The van der Waals surface area contributed by atoms with Crippen molar-refractivity contribution in [3.8, 4) is 0 Å². The molecular formula is C9H13Cl. The second-order valence-electron chi connectivity index (χ2n) is 3.59. The normalized spacial score (nSPS) is 51.7. The van der Waals surface area contributed by atoms with Gasteiger partial charge in [-0.3, -0.25) is 0 Å². The van der Waals surface area contributed by atoms with Crippen LogP contribution in [0.5, 0.6) is 0 Å². The van der Waals surface area contributed by atoms with Gasteiger partial charge >= 0.3 is 0 Å². The summed E-state index contributed by atoms with van der Waals surface area (Å²) in [5.41, 5.74) is 0. The van der Waals surface area contributed by atoms with E-state index in [1.165, 1.54) is 19.3 Å². The molecule has 2 bridgehead atoms. The molecule has 2 saturated carbocycles. The van der Waals surface area contributed by atoms with E-state index >= 15 is 0 Å². The van der Waals surface area contributed by atoms with E-state index in [2.05, 4.69) is 12.7 Å². The minimum atomic E-state index is 0.413. The third-order valence-corrected chi connectivity index (χ3v) is 3.80. The average molecular weight is 157 g/mol. The Labute approximate surface area is 67.3 Å². The molecule has 0 aromatic rings. The lowest BCUT2D eigenvalue weighted by molar-refractivity contribution is 0.402. The molecule has 0 spiro atoms. The summed E-state index contributed by atoms with van der Waals surface area (Å²) in [4.78, 5) is 0. The molecular weight excluding hydrogens is 144 g/mol. The Bertz CT molecular complexity index is 151. The maximum absolute atomic E-state index is 6.20. The van der Waals surface area contributed by atoms with Gasteiger partial charge in [0.15, 0.2) is 0 Å². The predicted molar refractivity (Wildman–Crippen MR) is 44.2 cm³/mol. The van der Waals surface area contributed by atoms with E-state index in [-0.39, 0.29) is 0 Å². The summed E-state index contributed by atoms with van der Waals surface area (Å²) < 4.78 is 0. The van der Waals surface area contributed by atoms with Crippen molar-refractivity contribution in [2.75, 3.05) is 0 Å². The van der Waals surface area contributed by atoms with Crippen molar-refractivity contribution in [3.05, 3.63) is 12.7 Å². The van der Waals surface area contributed by atoms with Crippen LogP contribution in [0, 0.1) is 17.8 Å². The number of allylic oxidation sites excluding steroid dienone is 1. The van der Waals surface area contributed by atoms with Crippen LogP contribution in [-0.4, -0.2) is 5.38 Å². The van der Waals surface area contributed by atoms with Crippen LogP contribution >= 0.6 is 11.6 Å². The van der Waals surface area contributed by atoms with Crippen molar-refractivity contribution in [2.24, 2.45) is 17.8 Å². The topological polar surface area (TPSA) is 0 Å². The second kappa shape index (κ2) is 2.27. The molecule has 2 rings (SSSR count). The summed E-state index contributed by atoms with van der Waals surface area (Å²) >= 11 is 6.20. The summed E-state index contributed by atoms with van der Waals surface area (Å²) in [7, 11) is 0. The highest BCUT2D eigenvalue weighted by atomic mass is 35.5. The minimum Gasteiger partial charge on any atom is -0.122 e. The van der Waals surface area contributed by atoms with E-state index in [9.17, 15) is 0 Å². The molecule has 1 heteroatoms. The van der Waals surface area contributed by atoms with Gasteiger partial charge in [0.05, 0.1) is 0 Å². The van der Waals surface area contributed by atoms with E-state index in [0.717, 1.165) is 11.8 Å². The number of halogens is 1. The third-order valence-electron chi connectivity index (χ3n) is 3.15. The van der Waals surface area contributed by atoms with Gasteiger partial charge in [-0.15, -0.1) is 18.2 Å². The molecule has 2 aliphatic rings. The standard InChI is InChI=1S/C9H13Cl/c1-2-8-6-3-4-7(5-6)9(8)10/h2,6-9H,1,3-5H2/t6-,7-,8+,9-/m0/s1. The van der Waals surface area contributed by atoms with Gasteiger partial charge in [-0.05, 0) is 37.0 Å². The summed E-state index contributed by atoms with van der Waals surface area (Å²) in [5, 5.41) is 0.413. The fourth-order valence-corrected chi connectivity index (χ4v) is 3.13. The number of hydrogen-bond donors (Lipinski definition) is 0. The van der Waals surface area contributed by atoms with Crippen molar-refractivity contribution in [1.82, 2.24) is 0 Å². The number of alkyl halides is 1. The molecule has 0 unspecified atom stereocenters. The van der Waals surface area contributed by atoms with Crippen LogP contribution in [0.2, 0.25) is 0 Å². The molecule has 0 heterocycles. The van der Waals surface area contributed by atoms with Crippen LogP contribution in [0.15, 0.2) is 12.7 Å². The summed E-state index contributed by atoms with van der Waals surface area (Å²) in [5.74, 6) is 2.32. The van der Waals surface area contributed by atoms with Gasteiger partial charge in [-0.1, -0.05) is 6.08 Å². The zero-order valence-corrected chi connectivity index (χ0v) is 6.85. The van der Waals surface area contributed by atoms with Crippen molar-refractivity contribution < 1.29 is 0 Å². The highest BCUT2D eigenvalue weighted by molar-refractivity contribution is 6.21. The maximum Gasteiger partial charge on any atom is 0.0429 e. The quantitative estimate of drug-likeness (QED) is 0.405. The zero-order valence-electron chi connectivity index (χ0n) is 6.09. The van der Waals surface area contributed by atoms with Crippen molar-refractivity contribution in [3.63, 3.8) is 0 Å². The van der Waals surface area contributed by atoms with Crippen molar-refractivity contribution >= 4 is 11.6 Å². The highest BCUT2D eigenvalue weighted by Crippen LogP contribution is 2.51. The second-order valence-corrected chi connectivity index (χ2v) is 4.09. The molecule has 0 aromatic heterocycles. The van der Waals surface area contributed by atoms with Gasteiger partial charge in [0.2, 0.25) is 0 Å². The van der Waals surface area contributed by atoms with Crippen LogP contribution in [0.3, 0.4) is 0 Å². The van der Waals surface area contributed by atoms with Gasteiger partial charge < -0.3 is 0 Å². The number of fused-ring (bicyclic) bond motifs is 2. The molecule has 2 fully saturated rings. The first-order chi connectivity index (χ1) is 4.83. The van der Waals surface area contributed by atoms with Crippen molar-refractivity contribution in [1.29, 1.82) is 0 Å². The average Bonchev–Trinajstić information content (AvgIpc) is 2.46. The van der Waals surface area contributed by atoms with Crippen LogP contribution in [0.4, 0.5) is 0 Å². The minimum absolute atomic E-state index is 0.413. The largest absolute Gasteiger partial charge is 0.122 e. The van der Waals surface area contributed by atoms with Crippen LogP contribution in [0.1, 0.15) is 19.3 Å². The zero-order chi connectivity index (χ0) is 7.14. The summed E-state index contributed by atoms with van der Waals surface area (Å²) in [6, 6.07) is 0. The summed E-state index contributed by atoms with van der Waals surface area (Å²) in [6.45, 7) is 3.83. The SMILES string of the molecule is C=C[C@@H]1[C@H]2CC[C@@H](C2)[C@@H]1Cl. The van der Waals surface area contributed by atoms with E-state index in [1.54, 1.807) is 0 Å². The Hall–Kier alpha value is 0.0300. The lowest BCUT2D eigenvalue weighted by atomic mass is 9.89. The monoisotopic (exact) mass is 156 g/mol. The predicted octanol–water partition coefficient (Wildman–Crippen LogP) is 2.83. The van der Waals surface area contributed by atoms with E-state index in [4.69, 9.17) is 11.6 Å². The molecule has 0 aromatic carbocycles. The Morgan fingerprint density at radius 3 is 2.40 bits per heavy atom. The van der Waals surface area contributed by atoms with E-state index < -0.39 is 0 Å². The van der Waals surface area contributed by atoms with Crippen LogP contribution < -0.4 is 0 Å². The molecule has 0 nitrogen and oxygen atoms in total. The Morgan fingerprint density at radius 2 is 2.00 bits per heavy atom. The lowest BCUT2D eigenvalue weighted by Gasteiger charge is -2.22. The molecule has 0 saturated heterocycles. The van der Waals surface area contributed by atoms with Crippen LogP contribution in [-0.2, 0) is 0 Å². The first-order valence-corrected chi connectivity index (χ1v) is 4.53. The Balaban J connectivity index is 2.16. The molecule has 0 radical (unpaired) electrons. The lowest BCUT2D eigenvalue weighted by Crippen LogP contribution is -2.20. The highest BCUT2D eigenvalue weighted by Gasteiger charge is 2.44. The fraction of sp³-hybridized carbons (Fsp3) is 0.778. The molecule has 0 N–H and O–H groups in total. The third kappa shape index (κ3) is 0.748. The van der Waals surface area contributed by atoms with Gasteiger partial charge in [0.25, 0.3) is 0 Å². The molecule has 2 aliphatic carbocycles. The first-order valence-electron chi connectivity index (χ1n) is 4.09. The number of rotatable bonds is 1. The maximum atomic E-state index is 6.20. The molecule has 0 aliphatic heterocycles. The van der Waals surface area contributed by atoms with Gasteiger partial charge in [0, 0.05) is 5.38 Å². The molecule has 10 heavy (non-hydrogen) atoms. The van der Waals surface area contributed by atoms with E-state index in [0.29, 0.717) is 11.3 Å². The number of hydrogen-bond acceptors (Lipinski definition) is 0. The van der Waals surface area contributed by atoms with Gasteiger partial charge in [-0.25, -0.2) is 0 Å². The van der Waals surface area contributed by atoms with Crippen LogP contribution in [0.25, 0.3) is 0 Å². The Morgan fingerprint density at radius 1 is 1.30 bits per heavy atom. The molecule has 4 atom stereocenters. The van der Waals surface area contributed by atoms with Gasteiger partial charge in [0.1, 0.15) is 0 Å². The van der Waals surface area contributed by atoms with Crippen molar-refractivity contribution in [2.45, 2.75) is 24.6 Å². The summed E-state index contributed by atoms with van der Waals surface area (Å²) in [6.07, 6.45) is 6.18.